The molecule has 1 amide bonds. The minimum atomic E-state index is -0.0459. The summed E-state index contributed by atoms with van der Waals surface area (Å²) in [6, 6.07) is 11.4. The molecule has 2 N–H and O–H groups in total. The standard InChI is InChI=1S/C26H38N2O5/c1-18(2)32-23-12-10-21(17-25(23)33-19(3)4)28-26(29)13-15-27-14-7-8-20-9-11-22(30-5)24(16-20)31-6/h9-12,16-19,27H,7-8,13-15H2,1-6H3,(H,28,29). The molecule has 33 heavy (non-hydrogen) atoms. The molecule has 0 heterocycles. The van der Waals surface area contributed by atoms with Crippen LogP contribution in [0.2, 0.25) is 0 Å². The van der Waals surface area contributed by atoms with Gasteiger partial charge < -0.3 is 29.6 Å². The molecule has 0 aliphatic rings. The van der Waals surface area contributed by atoms with E-state index >= 15 is 0 Å². The van der Waals surface area contributed by atoms with Crippen molar-refractivity contribution in [3.8, 4) is 23.0 Å². The Morgan fingerprint density at radius 3 is 2.15 bits per heavy atom. The molecule has 7 heteroatoms. The van der Waals surface area contributed by atoms with Crippen LogP contribution in [0.3, 0.4) is 0 Å². The van der Waals surface area contributed by atoms with Crippen LogP contribution in [0.1, 0.15) is 46.1 Å². The van der Waals surface area contributed by atoms with Crippen molar-refractivity contribution in [3.63, 3.8) is 0 Å². The zero-order valence-corrected chi connectivity index (χ0v) is 20.7. The number of amides is 1. The van der Waals surface area contributed by atoms with Gasteiger partial charge in [-0.05, 0) is 76.9 Å². The number of carbonyl (C=O) groups is 1. The number of anilines is 1. The van der Waals surface area contributed by atoms with E-state index in [1.165, 1.54) is 5.56 Å². The van der Waals surface area contributed by atoms with Crippen LogP contribution >= 0.6 is 0 Å². The van der Waals surface area contributed by atoms with Gasteiger partial charge in [0.15, 0.2) is 23.0 Å². The highest BCUT2D eigenvalue weighted by Crippen LogP contribution is 2.32. The maximum Gasteiger partial charge on any atom is 0.225 e. The van der Waals surface area contributed by atoms with E-state index in [0.717, 1.165) is 30.9 Å². The van der Waals surface area contributed by atoms with Gasteiger partial charge in [0, 0.05) is 24.7 Å². The molecule has 0 bridgehead atoms. The predicted octanol–water partition coefficient (Wildman–Crippen LogP) is 4.83. The van der Waals surface area contributed by atoms with Crippen molar-refractivity contribution in [2.24, 2.45) is 0 Å². The molecule has 0 radical (unpaired) electrons. The number of ether oxygens (including phenoxy) is 4. The molecule has 0 aromatic heterocycles. The van der Waals surface area contributed by atoms with Gasteiger partial charge in [0.25, 0.3) is 0 Å². The summed E-state index contributed by atoms with van der Waals surface area (Å²) in [5.41, 5.74) is 1.89. The average molecular weight is 459 g/mol. The fraction of sp³-hybridized carbons (Fsp3) is 0.500. The lowest BCUT2D eigenvalue weighted by atomic mass is 10.1. The second kappa shape index (κ2) is 13.6. The Hall–Kier alpha value is -2.93. The fourth-order valence-corrected chi connectivity index (χ4v) is 3.29. The first-order chi connectivity index (χ1) is 15.8. The van der Waals surface area contributed by atoms with Crippen LogP contribution in [0.4, 0.5) is 5.69 Å². The molecule has 0 saturated heterocycles. The van der Waals surface area contributed by atoms with Crippen LogP contribution in [-0.2, 0) is 11.2 Å². The van der Waals surface area contributed by atoms with Crippen molar-refractivity contribution in [1.29, 1.82) is 0 Å². The lowest BCUT2D eigenvalue weighted by Crippen LogP contribution is -2.23. The Morgan fingerprint density at radius 1 is 0.818 bits per heavy atom. The van der Waals surface area contributed by atoms with E-state index < -0.39 is 0 Å². The second-order valence-electron chi connectivity index (χ2n) is 8.34. The van der Waals surface area contributed by atoms with Crippen LogP contribution in [0.5, 0.6) is 23.0 Å². The van der Waals surface area contributed by atoms with Gasteiger partial charge in [-0.1, -0.05) is 6.07 Å². The summed E-state index contributed by atoms with van der Waals surface area (Å²) in [6.07, 6.45) is 2.32. The molecule has 0 saturated carbocycles. The SMILES string of the molecule is COc1ccc(CCCNCCC(=O)Nc2ccc(OC(C)C)c(OC(C)C)c2)cc1OC. The fourth-order valence-electron chi connectivity index (χ4n) is 3.29. The number of hydrogen-bond donors (Lipinski definition) is 2. The number of carbonyl (C=O) groups excluding carboxylic acids is 1. The Bertz CT molecular complexity index is 883. The molecule has 0 aliphatic heterocycles. The van der Waals surface area contributed by atoms with Gasteiger partial charge in [0.05, 0.1) is 26.4 Å². The molecule has 0 aliphatic carbocycles. The molecular weight excluding hydrogens is 420 g/mol. The summed E-state index contributed by atoms with van der Waals surface area (Å²) >= 11 is 0. The van der Waals surface area contributed by atoms with E-state index in [2.05, 4.69) is 10.6 Å². The van der Waals surface area contributed by atoms with Crippen molar-refractivity contribution >= 4 is 11.6 Å². The minimum Gasteiger partial charge on any atom is -0.493 e. The van der Waals surface area contributed by atoms with E-state index in [1.54, 1.807) is 14.2 Å². The van der Waals surface area contributed by atoms with Crippen LogP contribution < -0.4 is 29.6 Å². The normalized spacial score (nSPS) is 10.9. The van der Waals surface area contributed by atoms with Crippen molar-refractivity contribution in [2.75, 3.05) is 32.6 Å². The molecular formula is C26H38N2O5. The second-order valence-corrected chi connectivity index (χ2v) is 8.34. The number of benzene rings is 2. The Labute approximate surface area is 197 Å². The molecule has 2 rings (SSSR count). The summed E-state index contributed by atoms with van der Waals surface area (Å²) in [6.45, 7) is 9.30. The summed E-state index contributed by atoms with van der Waals surface area (Å²) in [5, 5.41) is 6.27. The number of aryl methyl sites for hydroxylation is 1. The topological polar surface area (TPSA) is 78.1 Å². The lowest BCUT2D eigenvalue weighted by Gasteiger charge is -2.18. The van der Waals surface area contributed by atoms with E-state index in [0.29, 0.717) is 30.2 Å². The van der Waals surface area contributed by atoms with Gasteiger partial charge in [0.2, 0.25) is 5.91 Å². The summed E-state index contributed by atoms with van der Waals surface area (Å²) in [4.78, 5) is 12.3. The number of nitrogens with one attached hydrogen (secondary N) is 2. The quantitative estimate of drug-likeness (QED) is 0.395. The zero-order valence-electron chi connectivity index (χ0n) is 20.7. The van der Waals surface area contributed by atoms with Crippen molar-refractivity contribution in [1.82, 2.24) is 5.32 Å². The van der Waals surface area contributed by atoms with Crippen LogP contribution in [0.25, 0.3) is 0 Å². The molecule has 7 nitrogen and oxygen atoms in total. The zero-order chi connectivity index (χ0) is 24.2. The first kappa shape index (κ1) is 26.3. The largest absolute Gasteiger partial charge is 0.493 e. The van der Waals surface area contributed by atoms with Gasteiger partial charge in [-0.3, -0.25) is 4.79 Å². The van der Waals surface area contributed by atoms with E-state index in [-0.39, 0.29) is 18.1 Å². The van der Waals surface area contributed by atoms with Gasteiger partial charge >= 0.3 is 0 Å². The smallest absolute Gasteiger partial charge is 0.225 e. The lowest BCUT2D eigenvalue weighted by molar-refractivity contribution is -0.116. The summed E-state index contributed by atoms with van der Waals surface area (Å²) < 4.78 is 22.3. The monoisotopic (exact) mass is 458 g/mol. The Balaban J connectivity index is 1.74. The highest BCUT2D eigenvalue weighted by atomic mass is 16.5. The van der Waals surface area contributed by atoms with Gasteiger partial charge in [-0.25, -0.2) is 0 Å². The van der Waals surface area contributed by atoms with Gasteiger partial charge in [-0.15, -0.1) is 0 Å². The predicted molar refractivity (Wildman–Crippen MR) is 132 cm³/mol. The summed E-state index contributed by atoms with van der Waals surface area (Å²) in [5.74, 6) is 2.73. The minimum absolute atomic E-state index is 0.00802. The van der Waals surface area contributed by atoms with E-state index in [9.17, 15) is 4.79 Å². The van der Waals surface area contributed by atoms with Crippen LogP contribution in [0, 0.1) is 0 Å². The van der Waals surface area contributed by atoms with Crippen molar-refractivity contribution in [3.05, 3.63) is 42.0 Å². The average Bonchev–Trinajstić information content (AvgIpc) is 2.77. The van der Waals surface area contributed by atoms with Gasteiger partial charge in [-0.2, -0.15) is 0 Å². The molecule has 182 valence electrons. The van der Waals surface area contributed by atoms with Crippen molar-refractivity contribution < 1.29 is 23.7 Å². The third kappa shape index (κ3) is 9.22. The highest BCUT2D eigenvalue weighted by molar-refractivity contribution is 5.91. The van der Waals surface area contributed by atoms with Crippen molar-refractivity contribution in [2.45, 2.75) is 59.2 Å². The Kier molecular flexibility index (Phi) is 10.8. The maximum atomic E-state index is 12.3. The Morgan fingerprint density at radius 2 is 1.48 bits per heavy atom. The first-order valence-electron chi connectivity index (χ1n) is 11.5. The maximum absolute atomic E-state index is 12.3. The molecule has 0 fully saturated rings. The third-order valence-corrected chi connectivity index (χ3v) is 4.75. The number of methoxy groups -OCH3 is 2. The molecule has 0 spiro atoms. The third-order valence-electron chi connectivity index (χ3n) is 4.75. The molecule has 2 aromatic rings. The summed E-state index contributed by atoms with van der Waals surface area (Å²) in [7, 11) is 3.27. The van der Waals surface area contributed by atoms with E-state index in [1.807, 2.05) is 64.1 Å². The van der Waals surface area contributed by atoms with Gasteiger partial charge in [0.1, 0.15) is 0 Å². The van der Waals surface area contributed by atoms with Crippen LogP contribution in [-0.4, -0.2) is 45.4 Å². The van der Waals surface area contributed by atoms with Crippen LogP contribution in [0.15, 0.2) is 36.4 Å². The molecule has 0 atom stereocenters. The molecule has 2 aromatic carbocycles. The molecule has 0 unspecified atom stereocenters. The number of hydrogen-bond acceptors (Lipinski definition) is 6. The number of rotatable bonds is 14. The van der Waals surface area contributed by atoms with E-state index in [4.69, 9.17) is 18.9 Å². The first-order valence-corrected chi connectivity index (χ1v) is 11.5. The highest BCUT2D eigenvalue weighted by Gasteiger charge is 2.12.